The second-order valence-corrected chi connectivity index (χ2v) is 3.93. The van der Waals surface area contributed by atoms with Crippen molar-refractivity contribution in [2.75, 3.05) is 19.9 Å². The van der Waals surface area contributed by atoms with Crippen molar-refractivity contribution in [2.24, 2.45) is 0 Å². The van der Waals surface area contributed by atoms with Gasteiger partial charge in [0.2, 0.25) is 0 Å². The van der Waals surface area contributed by atoms with E-state index in [0.29, 0.717) is 0 Å². The van der Waals surface area contributed by atoms with E-state index < -0.39 is 13.6 Å². The van der Waals surface area contributed by atoms with Crippen molar-refractivity contribution < 1.29 is 28.6 Å². The average Bonchev–Trinajstić information content (AvgIpc) is 2.01. The molecule has 0 aromatic heterocycles. The van der Waals surface area contributed by atoms with E-state index in [2.05, 4.69) is 20.9 Å². The largest absolute Gasteiger partial charge is 0.365 e. The van der Waals surface area contributed by atoms with E-state index in [1.807, 2.05) is 0 Å². The van der Waals surface area contributed by atoms with Crippen molar-refractivity contribution in [3.05, 3.63) is 12.7 Å². The van der Waals surface area contributed by atoms with Gasteiger partial charge in [-0.15, -0.1) is 0 Å². The number of carbonyl (C=O) groups excluding carboxylic acids is 1. The van der Waals surface area contributed by atoms with Gasteiger partial charge in [-0.05, 0) is 0 Å². The van der Waals surface area contributed by atoms with Crippen molar-refractivity contribution in [3.63, 3.8) is 0 Å². The molecule has 0 saturated heterocycles. The molecule has 1 atom stereocenters. The van der Waals surface area contributed by atoms with E-state index in [-0.39, 0.29) is 13.2 Å². The Morgan fingerprint density at radius 1 is 1.62 bits per heavy atom. The molecule has 7 heteroatoms. The quantitative estimate of drug-likeness (QED) is 0.226. The third-order valence-electron chi connectivity index (χ3n) is 0.805. The van der Waals surface area contributed by atoms with Crippen LogP contribution < -0.4 is 0 Å². The maximum Gasteiger partial charge on any atom is 0.365 e. The zero-order valence-corrected chi connectivity index (χ0v) is 8.03. The van der Waals surface area contributed by atoms with Crippen LogP contribution in [0.3, 0.4) is 0 Å². The summed E-state index contributed by atoms with van der Waals surface area (Å²) >= 11 is 0. The second-order valence-electron chi connectivity index (χ2n) is 2.06. The molecule has 0 aromatic carbocycles. The number of hydrogen-bond donors (Lipinski definition) is 1. The van der Waals surface area contributed by atoms with Crippen molar-refractivity contribution in [3.8, 4) is 0 Å². The Labute approximate surface area is 75.6 Å². The Morgan fingerprint density at radius 2 is 2.23 bits per heavy atom. The van der Waals surface area contributed by atoms with Gasteiger partial charge >= 0.3 is 13.6 Å². The Hall–Kier alpha value is -0.680. The van der Waals surface area contributed by atoms with E-state index in [4.69, 9.17) is 4.89 Å². The molecule has 1 unspecified atom stereocenters. The summed E-state index contributed by atoms with van der Waals surface area (Å²) in [7, 11) is -3.48. The van der Waals surface area contributed by atoms with Crippen molar-refractivity contribution in [1.29, 1.82) is 0 Å². The molecule has 0 spiro atoms. The van der Waals surface area contributed by atoms with Crippen LogP contribution in [0.4, 0.5) is 0 Å². The van der Waals surface area contributed by atoms with Gasteiger partial charge in [-0.3, -0.25) is 9.45 Å². The SMILES string of the molecule is C=CC(=O)OOCCOP(C)(=O)O. The maximum absolute atomic E-state index is 10.5. The normalized spacial score (nSPS) is 14.6. The van der Waals surface area contributed by atoms with Gasteiger partial charge in [0.25, 0.3) is 0 Å². The summed E-state index contributed by atoms with van der Waals surface area (Å²) in [5.74, 6) is -0.733. The van der Waals surface area contributed by atoms with Crippen LogP contribution in [0, 0.1) is 0 Å². The molecule has 0 fully saturated rings. The van der Waals surface area contributed by atoms with Crippen molar-refractivity contribution in [2.45, 2.75) is 0 Å². The van der Waals surface area contributed by atoms with Gasteiger partial charge in [-0.25, -0.2) is 4.79 Å². The van der Waals surface area contributed by atoms with Crippen LogP contribution in [0.5, 0.6) is 0 Å². The number of carbonyl (C=O) groups is 1. The first-order valence-corrected chi connectivity index (χ1v) is 5.39. The molecule has 0 aliphatic rings. The molecule has 13 heavy (non-hydrogen) atoms. The monoisotopic (exact) mass is 210 g/mol. The molecule has 0 heterocycles. The third kappa shape index (κ3) is 9.23. The van der Waals surface area contributed by atoms with E-state index in [1.54, 1.807) is 0 Å². The third-order valence-corrected chi connectivity index (χ3v) is 1.47. The fraction of sp³-hybridized carbons (Fsp3) is 0.500. The van der Waals surface area contributed by atoms with Crippen LogP contribution in [0.1, 0.15) is 0 Å². The Kier molecular flexibility index (Phi) is 5.57. The van der Waals surface area contributed by atoms with Gasteiger partial charge in [0.1, 0.15) is 6.61 Å². The Bertz CT molecular complexity index is 219. The summed E-state index contributed by atoms with van der Waals surface area (Å²) in [5.41, 5.74) is 0. The Morgan fingerprint density at radius 3 is 2.69 bits per heavy atom. The molecule has 0 amide bonds. The van der Waals surface area contributed by atoms with E-state index in [0.717, 1.165) is 12.7 Å². The molecule has 0 saturated carbocycles. The van der Waals surface area contributed by atoms with Gasteiger partial charge < -0.3 is 9.42 Å². The molecule has 0 aromatic rings. The zero-order valence-electron chi connectivity index (χ0n) is 7.13. The van der Waals surface area contributed by atoms with Crippen LogP contribution in [0.25, 0.3) is 0 Å². The van der Waals surface area contributed by atoms with Gasteiger partial charge in [0, 0.05) is 12.7 Å². The fourth-order valence-electron chi connectivity index (χ4n) is 0.374. The van der Waals surface area contributed by atoms with E-state index in [1.165, 1.54) is 0 Å². The fourth-order valence-corrected chi connectivity index (χ4v) is 0.788. The lowest BCUT2D eigenvalue weighted by atomic mass is 10.7. The van der Waals surface area contributed by atoms with Gasteiger partial charge in [0.15, 0.2) is 0 Å². The lowest BCUT2D eigenvalue weighted by Crippen LogP contribution is -2.07. The zero-order chi connectivity index (χ0) is 10.3. The van der Waals surface area contributed by atoms with Gasteiger partial charge in [0.05, 0.1) is 6.61 Å². The highest BCUT2D eigenvalue weighted by Crippen LogP contribution is 2.35. The number of rotatable bonds is 6. The van der Waals surface area contributed by atoms with Crippen LogP contribution in [-0.4, -0.2) is 30.7 Å². The van der Waals surface area contributed by atoms with Crippen LogP contribution in [0.15, 0.2) is 12.7 Å². The topological polar surface area (TPSA) is 82.1 Å². The molecule has 0 radical (unpaired) electrons. The summed E-state index contributed by atoms with van der Waals surface area (Å²) in [6.07, 6.45) is 0.928. The molecule has 0 aliphatic carbocycles. The average molecular weight is 210 g/mol. The highest BCUT2D eigenvalue weighted by molar-refractivity contribution is 7.51. The van der Waals surface area contributed by atoms with Gasteiger partial charge in [-0.2, -0.15) is 4.89 Å². The summed E-state index contributed by atoms with van der Waals surface area (Å²) in [6.45, 7) is 3.93. The molecular weight excluding hydrogens is 199 g/mol. The summed E-state index contributed by atoms with van der Waals surface area (Å²) in [6, 6.07) is 0. The van der Waals surface area contributed by atoms with E-state index >= 15 is 0 Å². The summed E-state index contributed by atoms with van der Waals surface area (Å²) in [4.78, 5) is 27.4. The predicted octanol–water partition coefficient (Wildman–Crippen LogP) is 0.479. The second kappa shape index (κ2) is 5.88. The minimum atomic E-state index is -3.48. The number of hydrogen-bond acceptors (Lipinski definition) is 5. The van der Waals surface area contributed by atoms with Gasteiger partial charge in [-0.1, -0.05) is 6.58 Å². The smallest absolute Gasteiger partial charge is 0.324 e. The van der Waals surface area contributed by atoms with E-state index in [9.17, 15) is 9.36 Å². The first-order valence-electron chi connectivity index (χ1n) is 3.36. The standard InChI is InChI=1S/C6H11O6P/c1-3-6(7)12-10-4-5-11-13(2,8)9/h3H,1,4-5H2,2H3,(H,8,9). The minimum absolute atomic E-state index is 0.113. The van der Waals surface area contributed by atoms with Crippen LogP contribution in [0.2, 0.25) is 0 Å². The maximum atomic E-state index is 10.5. The highest BCUT2D eigenvalue weighted by Gasteiger charge is 2.09. The first kappa shape index (κ1) is 12.3. The van der Waals surface area contributed by atoms with Crippen molar-refractivity contribution >= 4 is 13.6 Å². The molecule has 76 valence electrons. The molecule has 0 bridgehead atoms. The molecule has 0 aliphatic heterocycles. The summed E-state index contributed by atoms with van der Waals surface area (Å²) in [5, 5.41) is 0. The minimum Gasteiger partial charge on any atom is -0.324 e. The van der Waals surface area contributed by atoms with Crippen molar-refractivity contribution in [1.82, 2.24) is 0 Å². The molecule has 1 N–H and O–H groups in total. The van der Waals surface area contributed by atoms with Crippen LogP contribution >= 0.6 is 7.60 Å². The lowest BCUT2D eigenvalue weighted by Gasteiger charge is -2.05. The molecule has 0 rings (SSSR count). The molecular formula is C6H11O6P. The predicted molar refractivity (Wildman–Crippen MR) is 43.9 cm³/mol. The van der Waals surface area contributed by atoms with Crippen LogP contribution in [-0.2, 0) is 23.7 Å². The lowest BCUT2D eigenvalue weighted by molar-refractivity contribution is -0.269. The highest BCUT2D eigenvalue weighted by atomic mass is 31.2. The molecule has 6 nitrogen and oxygen atoms in total. The first-order chi connectivity index (χ1) is 5.95. The summed E-state index contributed by atoms with van der Waals surface area (Å²) < 4.78 is 14.9. The Balaban J connectivity index is 3.32.